The van der Waals surface area contributed by atoms with Crippen molar-refractivity contribution in [2.24, 2.45) is 0 Å². The largest absolute Gasteiger partial charge is 0.481 e. The van der Waals surface area contributed by atoms with Gasteiger partial charge in [-0.2, -0.15) is 0 Å². The van der Waals surface area contributed by atoms with Crippen molar-refractivity contribution < 1.29 is 30.0 Å². The zero-order valence-electron chi connectivity index (χ0n) is 28.0. The molecule has 2 atom stereocenters. The van der Waals surface area contributed by atoms with E-state index in [1.165, 1.54) is 128 Å². The molecule has 0 aliphatic heterocycles. The van der Waals surface area contributed by atoms with Gasteiger partial charge in [0.15, 0.2) is 6.10 Å². The smallest absolute Gasteiger partial charge is 0.332 e. The van der Waals surface area contributed by atoms with E-state index in [2.05, 4.69) is 13.8 Å². The molecule has 0 aliphatic rings. The summed E-state index contributed by atoms with van der Waals surface area (Å²) in [5.41, 5.74) is 0. The fourth-order valence-electron chi connectivity index (χ4n) is 5.32. The number of aliphatic carboxylic acids is 2. The molecule has 0 aromatic heterocycles. The molecule has 4 N–H and O–H groups in total. The van der Waals surface area contributed by atoms with Crippen molar-refractivity contribution >= 4 is 11.9 Å². The highest BCUT2D eigenvalue weighted by Crippen LogP contribution is 2.15. The van der Waals surface area contributed by atoms with Crippen LogP contribution in [0.2, 0.25) is 0 Å². The van der Waals surface area contributed by atoms with Crippen LogP contribution in [0.1, 0.15) is 206 Å². The van der Waals surface area contributed by atoms with Crippen molar-refractivity contribution in [2.75, 3.05) is 0 Å². The molecule has 0 aromatic carbocycles. The molecule has 0 spiro atoms. The first-order valence-corrected chi connectivity index (χ1v) is 18.2. The maximum atomic E-state index is 10.4. The second-order valence-electron chi connectivity index (χ2n) is 12.5. The van der Waals surface area contributed by atoms with Crippen LogP contribution in [0.4, 0.5) is 0 Å². The SMILES string of the molecule is CCCCCCC(O)CCCCCCCCCCC(=O)O.CCCCCCCCCCCCCCCCC(O)C(=O)O. The normalized spacial score (nSPS) is 12.5. The maximum absolute atomic E-state index is 10.4. The number of hydrogen-bond donors (Lipinski definition) is 4. The van der Waals surface area contributed by atoms with Gasteiger partial charge in [-0.15, -0.1) is 0 Å². The number of carboxylic acids is 2. The molecule has 42 heavy (non-hydrogen) atoms. The molecule has 0 aromatic rings. The zero-order valence-corrected chi connectivity index (χ0v) is 28.0. The van der Waals surface area contributed by atoms with Gasteiger partial charge in [-0.05, 0) is 25.7 Å². The van der Waals surface area contributed by atoms with Crippen molar-refractivity contribution in [3.05, 3.63) is 0 Å². The minimum absolute atomic E-state index is 0.0853. The lowest BCUT2D eigenvalue weighted by atomic mass is 10.0. The summed E-state index contributed by atoms with van der Waals surface area (Å²) < 4.78 is 0. The average Bonchev–Trinajstić information content (AvgIpc) is 2.96. The van der Waals surface area contributed by atoms with Gasteiger partial charge in [-0.25, -0.2) is 4.79 Å². The van der Waals surface area contributed by atoms with E-state index >= 15 is 0 Å². The number of unbranched alkanes of at least 4 members (excludes halogenated alkanes) is 23. The lowest BCUT2D eigenvalue weighted by molar-refractivity contribution is -0.147. The lowest BCUT2D eigenvalue weighted by Crippen LogP contribution is -2.18. The first-order valence-electron chi connectivity index (χ1n) is 18.2. The molecule has 0 saturated carbocycles. The monoisotopic (exact) mass is 601 g/mol. The first-order chi connectivity index (χ1) is 20.3. The van der Waals surface area contributed by atoms with Crippen LogP contribution in [0.5, 0.6) is 0 Å². The molecule has 0 rings (SSSR count). The van der Waals surface area contributed by atoms with Crippen LogP contribution in [0, 0.1) is 0 Å². The van der Waals surface area contributed by atoms with Crippen molar-refractivity contribution in [1.29, 1.82) is 0 Å². The van der Waals surface area contributed by atoms with Gasteiger partial charge in [0.2, 0.25) is 0 Å². The molecule has 0 amide bonds. The minimum Gasteiger partial charge on any atom is -0.481 e. The van der Waals surface area contributed by atoms with Crippen LogP contribution < -0.4 is 0 Å². The van der Waals surface area contributed by atoms with Gasteiger partial charge in [-0.1, -0.05) is 174 Å². The van der Waals surface area contributed by atoms with Crippen LogP contribution in [-0.4, -0.2) is 44.6 Å². The maximum Gasteiger partial charge on any atom is 0.332 e. The van der Waals surface area contributed by atoms with Gasteiger partial charge in [0.25, 0.3) is 0 Å². The van der Waals surface area contributed by atoms with Crippen LogP contribution in [0.3, 0.4) is 0 Å². The topological polar surface area (TPSA) is 115 Å². The number of aliphatic hydroxyl groups is 2. The number of aliphatic hydroxyl groups excluding tert-OH is 2. The Morgan fingerprint density at radius 1 is 0.429 bits per heavy atom. The molecule has 0 saturated heterocycles. The van der Waals surface area contributed by atoms with E-state index in [-0.39, 0.29) is 6.10 Å². The predicted octanol–water partition coefficient (Wildman–Crippen LogP) is 10.6. The summed E-state index contributed by atoms with van der Waals surface area (Å²) in [5.74, 6) is -1.77. The molecular formula is C36H72O6. The highest BCUT2D eigenvalue weighted by Gasteiger charge is 2.11. The summed E-state index contributed by atoms with van der Waals surface area (Å²) >= 11 is 0. The van der Waals surface area contributed by atoms with Gasteiger partial charge in [0.05, 0.1) is 6.10 Å². The summed E-state index contributed by atoms with van der Waals surface area (Å²) in [6.45, 7) is 4.47. The van der Waals surface area contributed by atoms with E-state index in [1.54, 1.807) is 0 Å². The summed E-state index contributed by atoms with van der Waals surface area (Å²) in [5, 5.41) is 36.0. The fourth-order valence-corrected chi connectivity index (χ4v) is 5.32. The van der Waals surface area contributed by atoms with E-state index in [4.69, 9.17) is 15.3 Å². The Kier molecular flexibility index (Phi) is 36.9. The second kappa shape index (κ2) is 36.1. The molecule has 6 nitrogen and oxygen atoms in total. The highest BCUT2D eigenvalue weighted by molar-refractivity contribution is 5.71. The summed E-state index contributed by atoms with van der Waals surface area (Å²) in [6.07, 6.45) is 33.5. The third kappa shape index (κ3) is 38.9. The zero-order chi connectivity index (χ0) is 31.5. The average molecular weight is 601 g/mol. The van der Waals surface area contributed by atoms with E-state index in [0.29, 0.717) is 12.8 Å². The number of carboxylic acid groups (broad SMARTS) is 2. The van der Waals surface area contributed by atoms with Crippen LogP contribution in [0.25, 0.3) is 0 Å². The van der Waals surface area contributed by atoms with E-state index < -0.39 is 18.0 Å². The molecule has 2 unspecified atom stereocenters. The summed E-state index contributed by atoms with van der Waals surface area (Å²) in [7, 11) is 0. The Morgan fingerprint density at radius 2 is 0.714 bits per heavy atom. The van der Waals surface area contributed by atoms with Gasteiger partial charge in [0.1, 0.15) is 0 Å². The Bertz CT molecular complexity index is 553. The number of hydrogen-bond acceptors (Lipinski definition) is 4. The first kappa shape index (κ1) is 43.0. The van der Waals surface area contributed by atoms with Crippen LogP contribution in [0.15, 0.2) is 0 Å². The summed E-state index contributed by atoms with van der Waals surface area (Å²) in [6, 6.07) is 0. The van der Waals surface area contributed by atoms with E-state index in [0.717, 1.165) is 51.4 Å². The third-order valence-corrected chi connectivity index (χ3v) is 8.19. The van der Waals surface area contributed by atoms with Gasteiger partial charge < -0.3 is 20.4 Å². The van der Waals surface area contributed by atoms with E-state index in [1.807, 2.05) is 0 Å². The molecule has 0 aliphatic carbocycles. The Morgan fingerprint density at radius 3 is 1.05 bits per heavy atom. The molecule has 252 valence electrons. The molecule has 6 heteroatoms. The highest BCUT2D eigenvalue weighted by atomic mass is 16.4. The predicted molar refractivity (Wildman–Crippen MR) is 177 cm³/mol. The van der Waals surface area contributed by atoms with Crippen molar-refractivity contribution in [1.82, 2.24) is 0 Å². The van der Waals surface area contributed by atoms with Crippen molar-refractivity contribution in [2.45, 2.75) is 219 Å². The van der Waals surface area contributed by atoms with Crippen LogP contribution in [-0.2, 0) is 9.59 Å². The Balaban J connectivity index is 0. The van der Waals surface area contributed by atoms with Crippen LogP contribution >= 0.6 is 0 Å². The molecule has 0 heterocycles. The molecular weight excluding hydrogens is 528 g/mol. The lowest BCUT2D eigenvalue weighted by Gasteiger charge is -2.10. The quantitative estimate of drug-likeness (QED) is 0.0571. The van der Waals surface area contributed by atoms with Gasteiger partial charge >= 0.3 is 11.9 Å². The number of rotatable bonds is 32. The molecule has 0 radical (unpaired) electrons. The third-order valence-electron chi connectivity index (χ3n) is 8.19. The molecule has 0 bridgehead atoms. The minimum atomic E-state index is -1.16. The van der Waals surface area contributed by atoms with Crippen molar-refractivity contribution in [3.63, 3.8) is 0 Å². The second-order valence-corrected chi connectivity index (χ2v) is 12.5. The van der Waals surface area contributed by atoms with E-state index in [9.17, 15) is 14.7 Å². The fraction of sp³-hybridized carbons (Fsp3) is 0.944. The van der Waals surface area contributed by atoms with Gasteiger partial charge in [0, 0.05) is 6.42 Å². The molecule has 0 fully saturated rings. The number of carbonyl (C=O) groups is 2. The van der Waals surface area contributed by atoms with Gasteiger partial charge in [-0.3, -0.25) is 4.79 Å². The Labute approximate surface area is 260 Å². The Hall–Kier alpha value is -1.14. The standard InChI is InChI=1S/2C18H36O3/c1-2-3-4-11-14-17(19)15-12-9-7-5-6-8-10-13-16-18(20)21;1-2-3-4-5-6-7-8-9-10-11-12-13-14-15-16-17(19)18(20)21/h2*17,19H,2-16H2,1H3,(H,20,21). The van der Waals surface area contributed by atoms with Crippen molar-refractivity contribution in [3.8, 4) is 0 Å². The summed E-state index contributed by atoms with van der Waals surface area (Å²) in [4.78, 5) is 20.8.